The van der Waals surface area contributed by atoms with E-state index in [0.29, 0.717) is 25.3 Å². The van der Waals surface area contributed by atoms with Crippen LogP contribution >= 0.6 is 15.9 Å². The van der Waals surface area contributed by atoms with Gasteiger partial charge in [-0.3, -0.25) is 4.79 Å². The second-order valence-corrected chi connectivity index (χ2v) is 8.12. The number of nitrogens with one attached hydrogen (secondary N) is 1. The molecule has 0 saturated heterocycles. The molecule has 0 saturated carbocycles. The van der Waals surface area contributed by atoms with Crippen LogP contribution < -0.4 is 10.1 Å². The minimum absolute atomic E-state index is 0.127. The van der Waals surface area contributed by atoms with Gasteiger partial charge < -0.3 is 14.6 Å². The van der Waals surface area contributed by atoms with Gasteiger partial charge in [-0.1, -0.05) is 47.1 Å². The fraction of sp³-hybridized carbons (Fsp3) is 0.200. The number of imidazole rings is 1. The van der Waals surface area contributed by atoms with E-state index in [4.69, 9.17) is 9.72 Å². The first-order valence-corrected chi connectivity index (χ1v) is 11.1. The van der Waals surface area contributed by atoms with E-state index >= 15 is 0 Å². The standard InChI is InChI=1S/C25H24BrN3O2/c1-2-18-7-13-21(14-8-18)31-16-15-29-23-6-4-3-5-22(23)28-24(29)17-27-25(30)19-9-11-20(26)12-10-19/h3-14H,2,15-17H2,1H3,(H,27,30). The highest BCUT2D eigenvalue weighted by atomic mass is 79.9. The van der Waals surface area contributed by atoms with Gasteiger partial charge in [-0.15, -0.1) is 0 Å². The number of carbonyl (C=O) groups is 1. The number of hydrogen-bond acceptors (Lipinski definition) is 3. The first-order valence-electron chi connectivity index (χ1n) is 10.3. The Morgan fingerprint density at radius 2 is 1.77 bits per heavy atom. The minimum Gasteiger partial charge on any atom is -0.492 e. The van der Waals surface area contributed by atoms with E-state index < -0.39 is 0 Å². The van der Waals surface area contributed by atoms with Crippen molar-refractivity contribution in [1.29, 1.82) is 0 Å². The van der Waals surface area contributed by atoms with Crippen LogP contribution in [0.25, 0.3) is 11.0 Å². The van der Waals surface area contributed by atoms with Gasteiger partial charge >= 0.3 is 0 Å². The SMILES string of the molecule is CCc1ccc(OCCn2c(CNC(=O)c3ccc(Br)cc3)nc3ccccc32)cc1. The van der Waals surface area contributed by atoms with Crippen molar-refractivity contribution in [3.05, 3.63) is 94.2 Å². The number of ether oxygens (including phenoxy) is 1. The topological polar surface area (TPSA) is 56.1 Å². The summed E-state index contributed by atoms with van der Waals surface area (Å²) in [6.45, 7) is 3.63. The Morgan fingerprint density at radius 3 is 2.52 bits per heavy atom. The van der Waals surface area contributed by atoms with E-state index in [0.717, 1.165) is 33.5 Å². The number of hydrogen-bond donors (Lipinski definition) is 1. The number of carbonyl (C=O) groups excluding carboxylic acids is 1. The summed E-state index contributed by atoms with van der Waals surface area (Å²) in [5.74, 6) is 1.53. The summed E-state index contributed by atoms with van der Waals surface area (Å²) in [6, 6.07) is 23.5. The lowest BCUT2D eigenvalue weighted by atomic mass is 10.2. The summed E-state index contributed by atoms with van der Waals surface area (Å²) in [7, 11) is 0. The monoisotopic (exact) mass is 477 g/mol. The van der Waals surface area contributed by atoms with Crippen LogP contribution in [0.2, 0.25) is 0 Å². The molecule has 1 amide bonds. The van der Waals surface area contributed by atoms with Gasteiger partial charge in [0.2, 0.25) is 0 Å². The summed E-state index contributed by atoms with van der Waals surface area (Å²) < 4.78 is 9.00. The largest absolute Gasteiger partial charge is 0.492 e. The molecular formula is C25H24BrN3O2. The third-order valence-electron chi connectivity index (χ3n) is 5.16. The number of nitrogens with zero attached hydrogens (tertiary/aromatic N) is 2. The second kappa shape index (κ2) is 9.79. The lowest BCUT2D eigenvalue weighted by Crippen LogP contribution is -2.25. The Kier molecular flexibility index (Phi) is 6.67. The van der Waals surface area contributed by atoms with Crippen molar-refractivity contribution in [1.82, 2.24) is 14.9 Å². The van der Waals surface area contributed by atoms with Gasteiger partial charge in [-0.2, -0.15) is 0 Å². The molecule has 158 valence electrons. The molecular weight excluding hydrogens is 454 g/mol. The molecule has 0 fully saturated rings. The van der Waals surface area contributed by atoms with Crippen molar-refractivity contribution in [2.45, 2.75) is 26.4 Å². The van der Waals surface area contributed by atoms with E-state index in [9.17, 15) is 4.79 Å². The molecule has 4 rings (SSSR count). The van der Waals surface area contributed by atoms with Crippen LogP contribution in [-0.2, 0) is 19.5 Å². The minimum atomic E-state index is -0.127. The molecule has 5 nitrogen and oxygen atoms in total. The van der Waals surface area contributed by atoms with Crippen LogP contribution in [0.1, 0.15) is 28.7 Å². The van der Waals surface area contributed by atoms with Crippen molar-refractivity contribution < 1.29 is 9.53 Å². The first kappa shape index (κ1) is 21.1. The Morgan fingerprint density at radius 1 is 1.03 bits per heavy atom. The van der Waals surface area contributed by atoms with E-state index in [1.54, 1.807) is 12.1 Å². The first-order chi connectivity index (χ1) is 15.1. The zero-order valence-corrected chi connectivity index (χ0v) is 18.9. The molecule has 1 aromatic heterocycles. The Hall–Kier alpha value is -3.12. The quantitative estimate of drug-likeness (QED) is 0.371. The van der Waals surface area contributed by atoms with Crippen LogP contribution in [0.3, 0.4) is 0 Å². The molecule has 0 bridgehead atoms. The van der Waals surface area contributed by atoms with Crippen LogP contribution in [0.4, 0.5) is 0 Å². The molecule has 1 N–H and O–H groups in total. The molecule has 0 aliphatic carbocycles. The number of amides is 1. The number of halogens is 1. The van der Waals surface area contributed by atoms with E-state index in [1.165, 1.54) is 5.56 Å². The summed E-state index contributed by atoms with van der Waals surface area (Å²) in [4.78, 5) is 17.2. The van der Waals surface area contributed by atoms with Gasteiger partial charge in [-0.25, -0.2) is 4.98 Å². The summed E-state index contributed by atoms with van der Waals surface area (Å²) in [5, 5.41) is 2.98. The predicted molar refractivity (Wildman–Crippen MR) is 126 cm³/mol. The average Bonchev–Trinajstić information content (AvgIpc) is 3.16. The van der Waals surface area contributed by atoms with Gasteiger partial charge in [0.05, 0.1) is 24.1 Å². The Bertz CT molecular complexity index is 1170. The van der Waals surface area contributed by atoms with Crippen LogP contribution in [0.15, 0.2) is 77.3 Å². The maximum atomic E-state index is 12.5. The number of benzene rings is 3. The number of aromatic nitrogens is 2. The lowest BCUT2D eigenvalue weighted by Gasteiger charge is -2.12. The summed E-state index contributed by atoms with van der Waals surface area (Å²) in [6.07, 6.45) is 1.01. The molecule has 31 heavy (non-hydrogen) atoms. The molecule has 0 atom stereocenters. The second-order valence-electron chi connectivity index (χ2n) is 7.20. The maximum Gasteiger partial charge on any atom is 0.251 e. The van der Waals surface area contributed by atoms with E-state index in [1.807, 2.05) is 48.5 Å². The van der Waals surface area contributed by atoms with Gasteiger partial charge in [-0.05, 0) is 60.5 Å². The number of para-hydroxylation sites is 2. The van der Waals surface area contributed by atoms with Crippen LogP contribution in [0, 0.1) is 0 Å². The molecule has 0 radical (unpaired) electrons. The number of aryl methyl sites for hydroxylation is 1. The fourth-order valence-corrected chi connectivity index (χ4v) is 3.71. The molecule has 0 unspecified atom stereocenters. The van der Waals surface area contributed by atoms with Gasteiger partial charge in [0, 0.05) is 10.0 Å². The Balaban J connectivity index is 1.46. The highest BCUT2D eigenvalue weighted by Gasteiger charge is 2.12. The molecule has 6 heteroatoms. The molecule has 0 aliphatic heterocycles. The average molecular weight is 478 g/mol. The van der Waals surface area contributed by atoms with E-state index in [2.05, 4.69) is 44.9 Å². The van der Waals surface area contributed by atoms with Crippen molar-refractivity contribution in [3.63, 3.8) is 0 Å². The zero-order chi connectivity index (χ0) is 21.6. The van der Waals surface area contributed by atoms with Gasteiger partial charge in [0.1, 0.15) is 18.2 Å². The highest BCUT2D eigenvalue weighted by molar-refractivity contribution is 9.10. The lowest BCUT2D eigenvalue weighted by molar-refractivity contribution is 0.0949. The summed E-state index contributed by atoms with van der Waals surface area (Å²) in [5.41, 5.74) is 3.84. The molecule has 3 aromatic carbocycles. The van der Waals surface area contributed by atoms with Crippen molar-refractivity contribution in [2.24, 2.45) is 0 Å². The fourth-order valence-electron chi connectivity index (χ4n) is 3.45. The van der Waals surface area contributed by atoms with E-state index in [-0.39, 0.29) is 5.91 Å². The van der Waals surface area contributed by atoms with Crippen molar-refractivity contribution >= 4 is 32.9 Å². The van der Waals surface area contributed by atoms with Gasteiger partial charge in [0.15, 0.2) is 0 Å². The normalized spacial score (nSPS) is 10.9. The smallest absolute Gasteiger partial charge is 0.251 e. The van der Waals surface area contributed by atoms with Crippen LogP contribution in [-0.4, -0.2) is 22.1 Å². The van der Waals surface area contributed by atoms with Crippen molar-refractivity contribution in [3.8, 4) is 5.75 Å². The highest BCUT2D eigenvalue weighted by Crippen LogP contribution is 2.18. The molecule has 0 aliphatic rings. The maximum absolute atomic E-state index is 12.5. The number of fused-ring (bicyclic) bond motifs is 1. The summed E-state index contributed by atoms with van der Waals surface area (Å²) >= 11 is 3.39. The van der Waals surface area contributed by atoms with Crippen molar-refractivity contribution in [2.75, 3.05) is 6.61 Å². The third kappa shape index (κ3) is 5.14. The van der Waals surface area contributed by atoms with Crippen LogP contribution in [0.5, 0.6) is 5.75 Å². The predicted octanol–water partition coefficient (Wildman–Crippen LogP) is 5.37. The number of rotatable bonds is 8. The molecule has 1 heterocycles. The zero-order valence-electron chi connectivity index (χ0n) is 17.3. The molecule has 0 spiro atoms. The van der Waals surface area contributed by atoms with Gasteiger partial charge in [0.25, 0.3) is 5.91 Å². The Labute approximate surface area is 190 Å². The third-order valence-corrected chi connectivity index (χ3v) is 5.69. The molecule has 4 aromatic rings.